The molecule has 0 unspecified atom stereocenters. The van der Waals surface area contributed by atoms with Crippen molar-refractivity contribution < 1.29 is 0 Å². The zero-order chi connectivity index (χ0) is 11.0. The fraction of sp³-hybridized carbons (Fsp3) is 0.200. The molecule has 0 fully saturated rings. The zero-order valence-corrected chi connectivity index (χ0v) is 8.73. The molecule has 0 atom stereocenters. The zero-order valence-electron chi connectivity index (χ0n) is 8.73. The van der Waals surface area contributed by atoms with Crippen LogP contribution in [0.4, 0.5) is 0 Å². The first-order valence-electron chi connectivity index (χ1n) is 4.99. The minimum Gasteiger partial charge on any atom is -0.342 e. The summed E-state index contributed by atoms with van der Waals surface area (Å²) in [7, 11) is 0. The summed E-state index contributed by atoms with van der Waals surface area (Å²) in [5.41, 5.74) is 3.20. The van der Waals surface area contributed by atoms with Crippen LogP contribution in [0.5, 0.6) is 0 Å². The second-order valence-corrected chi connectivity index (χ2v) is 3.66. The topological polar surface area (TPSA) is 83.1 Å². The van der Waals surface area contributed by atoms with Crippen LogP contribution in [-0.2, 0) is 6.42 Å². The van der Waals surface area contributed by atoms with E-state index in [0.717, 1.165) is 22.4 Å². The summed E-state index contributed by atoms with van der Waals surface area (Å²) in [5.74, 6) is 1.49. The van der Waals surface area contributed by atoms with Crippen LogP contribution in [0, 0.1) is 6.92 Å². The summed E-state index contributed by atoms with van der Waals surface area (Å²) in [4.78, 5) is 7.75. The van der Waals surface area contributed by atoms with Crippen molar-refractivity contribution in [1.82, 2.24) is 30.6 Å². The Kier molecular flexibility index (Phi) is 1.92. The first-order valence-corrected chi connectivity index (χ1v) is 4.99. The molecule has 3 aromatic rings. The highest BCUT2D eigenvalue weighted by atomic mass is 15.5. The predicted octanol–water partition coefficient (Wildman–Crippen LogP) is 0.975. The normalized spacial score (nSPS) is 11.1. The average molecular weight is 214 g/mol. The smallest absolute Gasteiger partial charge is 0.182 e. The molecule has 0 aliphatic carbocycles. The van der Waals surface area contributed by atoms with Gasteiger partial charge in [0.25, 0.3) is 0 Å². The number of imidazole rings is 1. The van der Waals surface area contributed by atoms with E-state index < -0.39 is 0 Å². The van der Waals surface area contributed by atoms with Gasteiger partial charge in [-0.2, -0.15) is 5.21 Å². The highest BCUT2D eigenvalue weighted by Crippen LogP contribution is 2.16. The molecule has 2 aromatic heterocycles. The van der Waals surface area contributed by atoms with E-state index in [1.165, 1.54) is 0 Å². The van der Waals surface area contributed by atoms with Crippen LogP contribution >= 0.6 is 0 Å². The van der Waals surface area contributed by atoms with Gasteiger partial charge in [-0.15, -0.1) is 10.2 Å². The van der Waals surface area contributed by atoms with E-state index in [1.807, 2.05) is 25.1 Å². The largest absolute Gasteiger partial charge is 0.342 e. The fourth-order valence-corrected chi connectivity index (χ4v) is 1.72. The summed E-state index contributed by atoms with van der Waals surface area (Å²) in [6, 6.07) is 6.06. The Morgan fingerprint density at radius 2 is 2.25 bits per heavy atom. The number of aryl methyl sites for hydroxylation is 1. The van der Waals surface area contributed by atoms with E-state index in [0.29, 0.717) is 12.2 Å². The van der Waals surface area contributed by atoms with Crippen LogP contribution in [0.25, 0.3) is 11.0 Å². The molecule has 0 radical (unpaired) electrons. The minimum atomic E-state index is 0.560. The number of para-hydroxylation sites is 1. The number of nitrogens with one attached hydrogen (secondary N) is 2. The van der Waals surface area contributed by atoms with Crippen LogP contribution in [0.2, 0.25) is 0 Å². The van der Waals surface area contributed by atoms with Crippen molar-refractivity contribution >= 4 is 11.0 Å². The van der Waals surface area contributed by atoms with Gasteiger partial charge in [0.2, 0.25) is 0 Å². The third kappa shape index (κ3) is 1.44. The monoisotopic (exact) mass is 214 g/mol. The van der Waals surface area contributed by atoms with Gasteiger partial charge in [0.15, 0.2) is 5.82 Å². The molecule has 6 nitrogen and oxygen atoms in total. The second kappa shape index (κ2) is 3.41. The van der Waals surface area contributed by atoms with Gasteiger partial charge >= 0.3 is 0 Å². The maximum atomic E-state index is 4.51. The molecule has 0 amide bonds. The molecule has 80 valence electrons. The average Bonchev–Trinajstić information content (AvgIpc) is 2.88. The summed E-state index contributed by atoms with van der Waals surface area (Å²) in [6.45, 7) is 2.04. The van der Waals surface area contributed by atoms with Crippen molar-refractivity contribution in [2.75, 3.05) is 0 Å². The Morgan fingerprint density at radius 1 is 1.31 bits per heavy atom. The van der Waals surface area contributed by atoms with Crippen LogP contribution in [0.15, 0.2) is 18.2 Å². The Bertz CT molecular complexity index is 609. The Hall–Kier alpha value is -2.24. The molecule has 16 heavy (non-hydrogen) atoms. The van der Waals surface area contributed by atoms with Crippen molar-refractivity contribution in [2.24, 2.45) is 0 Å². The van der Waals surface area contributed by atoms with Crippen molar-refractivity contribution in [3.8, 4) is 0 Å². The van der Waals surface area contributed by atoms with Gasteiger partial charge in [-0.25, -0.2) is 4.98 Å². The van der Waals surface area contributed by atoms with Crippen LogP contribution < -0.4 is 0 Å². The van der Waals surface area contributed by atoms with Gasteiger partial charge in [-0.3, -0.25) is 0 Å². The molecule has 0 aliphatic rings. The first kappa shape index (κ1) is 9.02. The fourth-order valence-electron chi connectivity index (χ4n) is 1.72. The summed E-state index contributed by atoms with van der Waals surface area (Å²) < 4.78 is 0. The predicted molar refractivity (Wildman–Crippen MR) is 57.8 cm³/mol. The summed E-state index contributed by atoms with van der Waals surface area (Å²) >= 11 is 0. The SMILES string of the molecule is Cc1cccc2[nH]c(Cc3nn[nH]n3)nc12. The molecule has 2 N–H and O–H groups in total. The number of benzene rings is 1. The Labute approximate surface area is 91.1 Å². The molecule has 0 saturated carbocycles. The molecule has 0 saturated heterocycles. The Morgan fingerprint density at radius 3 is 3.00 bits per heavy atom. The third-order valence-electron chi connectivity index (χ3n) is 2.48. The number of aromatic amines is 2. The number of aromatic nitrogens is 6. The lowest BCUT2D eigenvalue weighted by molar-refractivity contribution is 0.881. The van der Waals surface area contributed by atoms with Gasteiger partial charge in [0, 0.05) is 0 Å². The van der Waals surface area contributed by atoms with E-state index in [-0.39, 0.29) is 0 Å². The number of fused-ring (bicyclic) bond motifs is 1. The van der Waals surface area contributed by atoms with Gasteiger partial charge in [0.1, 0.15) is 5.82 Å². The Balaban J connectivity index is 2.02. The van der Waals surface area contributed by atoms with E-state index in [2.05, 4.69) is 30.6 Å². The number of nitrogens with zero attached hydrogens (tertiary/aromatic N) is 4. The number of H-pyrrole nitrogens is 2. The van der Waals surface area contributed by atoms with E-state index in [4.69, 9.17) is 0 Å². The van der Waals surface area contributed by atoms with Gasteiger partial charge < -0.3 is 4.98 Å². The molecule has 0 aliphatic heterocycles. The molecule has 6 heteroatoms. The first-order chi connectivity index (χ1) is 7.83. The van der Waals surface area contributed by atoms with Crippen molar-refractivity contribution in [3.63, 3.8) is 0 Å². The molecule has 2 heterocycles. The van der Waals surface area contributed by atoms with E-state index in [9.17, 15) is 0 Å². The number of rotatable bonds is 2. The molecular formula is C10H10N6. The van der Waals surface area contributed by atoms with Crippen LogP contribution in [0.1, 0.15) is 17.2 Å². The minimum absolute atomic E-state index is 0.560. The van der Waals surface area contributed by atoms with Crippen LogP contribution in [0.3, 0.4) is 0 Å². The lowest BCUT2D eigenvalue weighted by Crippen LogP contribution is -1.93. The molecule has 0 bridgehead atoms. The standard InChI is InChI=1S/C10H10N6/c1-6-3-2-4-7-10(6)12-8(11-7)5-9-13-15-16-14-9/h2-4H,5H2,1H3,(H,11,12)(H,13,14,15,16). The second-order valence-electron chi connectivity index (χ2n) is 3.66. The van der Waals surface area contributed by atoms with Gasteiger partial charge in [0.05, 0.1) is 17.5 Å². The van der Waals surface area contributed by atoms with Gasteiger partial charge in [-0.05, 0) is 18.6 Å². The lowest BCUT2D eigenvalue weighted by Gasteiger charge is -1.90. The van der Waals surface area contributed by atoms with Crippen LogP contribution in [-0.4, -0.2) is 30.6 Å². The quantitative estimate of drug-likeness (QED) is 0.666. The number of hydrogen-bond acceptors (Lipinski definition) is 4. The maximum absolute atomic E-state index is 4.51. The van der Waals surface area contributed by atoms with E-state index in [1.54, 1.807) is 0 Å². The third-order valence-corrected chi connectivity index (χ3v) is 2.48. The molecule has 1 aromatic carbocycles. The summed E-state index contributed by atoms with van der Waals surface area (Å²) in [5, 5.41) is 13.7. The van der Waals surface area contributed by atoms with Crippen molar-refractivity contribution in [1.29, 1.82) is 0 Å². The lowest BCUT2D eigenvalue weighted by atomic mass is 10.2. The van der Waals surface area contributed by atoms with Crippen molar-refractivity contribution in [2.45, 2.75) is 13.3 Å². The van der Waals surface area contributed by atoms with E-state index >= 15 is 0 Å². The molecule has 3 rings (SSSR count). The number of tetrazole rings is 1. The van der Waals surface area contributed by atoms with Gasteiger partial charge in [-0.1, -0.05) is 17.3 Å². The molecule has 0 spiro atoms. The summed E-state index contributed by atoms with van der Waals surface area (Å²) in [6.07, 6.45) is 0.560. The highest BCUT2D eigenvalue weighted by Gasteiger charge is 2.07. The molecular weight excluding hydrogens is 204 g/mol. The highest BCUT2D eigenvalue weighted by molar-refractivity contribution is 5.78. The van der Waals surface area contributed by atoms with Crippen molar-refractivity contribution in [3.05, 3.63) is 35.4 Å². The maximum Gasteiger partial charge on any atom is 0.182 e. The number of hydrogen-bond donors (Lipinski definition) is 2.